The molecule has 0 aliphatic rings. The van der Waals surface area contributed by atoms with E-state index < -0.39 is 0 Å². The molecule has 0 bridgehead atoms. The van der Waals surface area contributed by atoms with Crippen molar-refractivity contribution in [2.24, 2.45) is 0 Å². The van der Waals surface area contributed by atoms with Crippen molar-refractivity contribution in [3.63, 3.8) is 0 Å². The van der Waals surface area contributed by atoms with Crippen LogP contribution in [0, 0.1) is 0 Å². The van der Waals surface area contributed by atoms with Crippen molar-refractivity contribution in [1.29, 1.82) is 0 Å². The highest BCUT2D eigenvalue weighted by Gasteiger charge is 1.98. The Kier molecular flexibility index (Phi) is 6.63. The number of hydrogen-bond donors (Lipinski definition) is 1. The lowest BCUT2D eigenvalue weighted by Crippen LogP contribution is -2.21. The van der Waals surface area contributed by atoms with Crippen molar-refractivity contribution < 1.29 is 0 Å². The zero-order valence-corrected chi connectivity index (χ0v) is 12.2. The van der Waals surface area contributed by atoms with Crippen LogP contribution in [0.3, 0.4) is 0 Å². The van der Waals surface area contributed by atoms with Gasteiger partial charge in [-0.2, -0.15) is 0 Å². The maximum Gasteiger partial charge on any atom is 0.0207 e. The van der Waals surface area contributed by atoms with Crippen LogP contribution in [0.5, 0.6) is 0 Å². The second kappa shape index (κ2) is 7.75. The summed E-state index contributed by atoms with van der Waals surface area (Å²) in [6.45, 7) is 6.43. The Labute approximate surface area is 110 Å². The standard InChI is InChI=1S/C14H24N2S/c1-12(2)15-11-13-5-7-14(8-6-13)17-10-9-16(3)4/h5-8,12,15H,9-11H2,1-4H3. The average Bonchev–Trinajstić information content (AvgIpc) is 2.27. The van der Waals surface area contributed by atoms with E-state index in [-0.39, 0.29) is 0 Å². The molecular weight excluding hydrogens is 228 g/mol. The van der Waals surface area contributed by atoms with Gasteiger partial charge < -0.3 is 10.2 Å². The van der Waals surface area contributed by atoms with E-state index in [1.54, 1.807) is 0 Å². The van der Waals surface area contributed by atoms with E-state index in [0.29, 0.717) is 6.04 Å². The zero-order chi connectivity index (χ0) is 12.7. The molecule has 0 amide bonds. The van der Waals surface area contributed by atoms with Gasteiger partial charge in [-0.15, -0.1) is 11.8 Å². The lowest BCUT2D eigenvalue weighted by Gasteiger charge is -2.10. The lowest BCUT2D eigenvalue weighted by molar-refractivity contribution is 0.437. The van der Waals surface area contributed by atoms with E-state index in [1.807, 2.05) is 11.8 Å². The molecule has 0 saturated carbocycles. The van der Waals surface area contributed by atoms with Gasteiger partial charge in [0.2, 0.25) is 0 Å². The summed E-state index contributed by atoms with van der Waals surface area (Å²) in [5, 5.41) is 3.43. The first kappa shape index (κ1) is 14.6. The molecule has 1 rings (SSSR count). The van der Waals surface area contributed by atoms with Crippen molar-refractivity contribution in [2.45, 2.75) is 31.3 Å². The molecule has 1 N–H and O–H groups in total. The molecule has 0 heterocycles. The van der Waals surface area contributed by atoms with E-state index in [1.165, 1.54) is 10.5 Å². The highest BCUT2D eigenvalue weighted by Crippen LogP contribution is 2.18. The lowest BCUT2D eigenvalue weighted by atomic mass is 10.2. The van der Waals surface area contributed by atoms with Crippen molar-refractivity contribution in [2.75, 3.05) is 26.4 Å². The normalized spacial score (nSPS) is 11.4. The second-order valence-corrected chi connectivity index (χ2v) is 6.00. The molecule has 0 atom stereocenters. The topological polar surface area (TPSA) is 15.3 Å². The minimum absolute atomic E-state index is 0.546. The monoisotopic (exact) mass is 252 g/mol. The van der Waals surface area contributed by atoms with Crippen LogP contribution in [0.25, 0.3) is 0 Å². The second-order valence-electron chi connectivity index (χ2n) is 4.83. The van der Waals surface area contributed by atoms with Gasteiger partial charge in [0.15, 0.2) is 0 Å². The van der Waals surface area contributed by atoms with Crippen LogP contribution in [-0.2, 0) is 6.54 Å². The first-order valence-corrected chi connectivity index (χ1v) is 7.16. The molecule has 0 aromatic heterocycles. The number of rotatable bonds is 7. The zero-order valence-electron chi connectivity index (χ0n) is 11.4. The summed E-state index contributed by atoms with van der Waals surface area (Å²) in [6, 6.07) is 9.42. The largest absolute Gasteiger partial charge is 0.310 e. The van der Waals surface area contributed by atoms with Crippen LogP contribution in [0.15, 0.2) is 29.2 Å². The summed E-state index contributed by atoms with van der Waals surface area (Å²) < 4.78 is 0. The van der Waals surface area contributed by atoms with E-state index in [0.717, 1.165) is 18.8 Å². The minimum Gasteiger partial charge on any atom is -0.310 e. The number of hydrogen-bond acceptors (Lipinski definition) is 3. The van der Waals surface area contributed by atoms with Gasteiger partial charge in [-0.25, -0.2) is 0 Å². The molecule has 1 aromatic rings. The highest BCUT2D eigenvalue weighted by molar-refractivity contribution is 7.99. The van der Waals surface area contributed by atoms with Crippen molar-refractivity contribution in [1.82, 2.24) is 10.2 Å². The molecule has 0 radical (unpaired) electrons. The Morgan fingerprint density at radius 2 is 1.82 bits per heavy atom. The van der Waals surface area contributed by atoms with Crippen LogP contribution in [0.4, 0.5) is 0 Å². The number of nitrogens with one attached hydrogen (secondary N) is 1. The van der Waals surface area contributed by atoms with Gasteiger partial charge in [-0.05, 0) is 31.8 Å². The van der Waals surface area contributed by atoms with Gasteiger partial charge in [0.25, 0.3) is 0 Å². The van der Waals surface area contributed by atoms with Gasteiger partial charge in [0.05, 0.1) is 0 Å². The fraction of sp³-hybridized carbons (Fsp3) is 0.571. The van der Waals surface area contributed by atoms with Gasteiger partial charge in [0.1, 0.15) is 0 Å². The number of nitrogens with zero attached hydrogens (tertiary/aromatic N) is 1. The molecule has 96 valence electrons. The fourth-order valence-corrected chi connectivity index (χ4v) is 2.39. The summed E-state index contributed by atoms with van der Waals surface area (Å²) >= 11 is 1.92. The Bertz CT molecular complexity index is 307. The summed E-state index contributed by atoms with van der Waals surface area (Å²) in [5.41, 5.74) is 1.36. The minimum atomic E-state index is 0.546. The Morgan fingerprint density at radius 3 is 2.35 bits per heavy atom. The predicted molar refractivity (Wildman–Crippen MR) is 77.7 cm³/mol. The van der Waals surface area contributed by atoms with Gasteiger partial charge in [0, 0.05) is 29.8 Å². The third kappa shape index (κ3) is 6.71. The third-order valence-corrected chi connectivity index (χ3v) is 3.44. The maximum atomic E-state index is 3.43. The molecule has 0 fully saturated rings. The van der Waals surface area contributed by atoms with Gasteiger partial charge in [-0.1, -0.05) is 26.0 Å². The SMILES string of the molecule is CC(C)NCc1ccc(SCCN(C)C)cc1. The maximum absolute atomic E-state index is 3.43. The smallest absolute Gasteiger partial charge is 0.0207 e. The fourth-order valence-electron chi connectivity index (χ4n) is 1.37. The van der Waals surface area contributed by atoms with E-state index >= 15 is 0 Å². The molecule has 0 spiro atoms. The molecule has 2 nitrogen and oxygen atoms in total. The molecule has 0 saturated heterocycles. The van der Waals surface area contributed by atoms with Crippen molar-refractivity contribution in [3.8, 4) is 0 Å². The molecular formula is C14H24N2S. The first-order chi connectivity index (χ1) is 8.08. The predicted octanol–water partition coefficient (Wildman–Crippen LogP) is 2.84. The molecule has 17 heavy (non-hydrogen) atoms. The average molecular weight is 252 g/mol. The van der Waals surface area contributed by atoms with Gasteiger partial charge in [-0.3, -0.25) is 0 Å². The van der Waals surface area contributed by atoms with Crippen molar-refractivity contribution >= 4 is 11.8 Å². The van der Waals surface area contributed by atoms with E-state index in [4.69, 9.17) is 0 Å². The van der Waals surface area contributed by atoms with Gasteiger partial charge >= 0.3 is 0 Å². The molecule has 3 heteroatoms. The third-order valence-electron chi connectivity index (χ3n) is 2.45. The molecule has 0 aliphatic carbocycles. The first-order valence-electron chi connectivity index (χ1n) is 6.18. The highest BCUT2D eigenvalue weighted by atomic mass is 32.2. The van der Waals surface area contributed by atoms with E-state index in [9.17, 15) is 0 Å². The summed E-state index contributed by atoms with van der Waals surface area (Å²) in [5.74, 6) is 1.15. The number of thioether (sulfide) groups is 1. The Morgan fingerprint density at radius 1 is 1.18 bits per heavy atom. The van der Waals surface area contributed by atoms with Crippen LogP contribution >= 0.6 is 11.8 Å². The van der Waals surface area contributed by atoms with E-state index in [2.05, 4.69) is 62.4 Å². The van der Waals surface area contributed by atoms with Crippen LogP contribution in [0.2, 0.25) is 0 Å². The Hall–Kier alpha value is -0.510. The molecule has 0 aliphatic heterocycles. The van der Waals surface area contributed by atoms with Crippen LogP contribution in [0.1, 0.15) is 19.4 Å². The molecule has 1 aromatic carbocycles. The number of benzene rings is 1. The molecule has 0 unspecified atom stereocenters. The summed E-state index contributed by atoms with van der Waals surface area (Å²) in [6.07, 6.45) is 0. The van der Waals surface area contributed by atoms with Crippen LogP contribution in [-0.4, -0.2) is 37.3 Å². The quantitative estimate of drug-likeness (QED) is 0.751. The Balaban J connectivity index is 2.34. The summed E-state index contributed by atoms with van der Waals surface area (Å²) in [4.78, 5) is 3.58. The van der Waals surface area contributed by atoms with Crippen LogP contribution < -0.4 is 5.32 Å². The summed E-state index contributed by atoms with van der Waals surface area (Å²) in [7, 11) is 4.22. The van der Waals surface area contributed by atoms with Crippen molar-refractivity contribution in [3.05, 3.63) is 29.8 Å².